The first-order valence-electron chi connectivity index (χ1n) is 9.31. The highest BCUT2D eigenvalue weighted by molar-refractivity contribution is 5.96. The Morgan fingerprint density at radius 3 is 2.48 bits per heavy atom. The normalized spacial score (nSPS) is 10.3. The second-order valence-corrected chi connectivity index (χ2v) is 6.44. The van der Waals surface area contributed by atoms with Gasteiger partial charge in [-0.25, -0.2) is 14.5 Å². The first-order chi connectivity index (χ1) is 14.0. The summed E-state index contributed by atoms with van der Waals surface area (Å²) in [6.45, 7) is 3.91. The number of Topliss-reactive ketones (excluding diaryl/α,β-unsaturated/α-hetero) is 1. The van der Waals surface area contributed by atoms with E-state index in [4.69, 9.17) is 0 Å². The average Bonchev–Trinajstić information content (AvgIpc) is 3.14. The van der Waals surface area contributed by atoms with E-state index >= 15 is 0 Å². The zero-order chi connectivity index (χ0) is 20.8. The molecule has 29 heavy (non-hydrogen) atoms. The lowest BCUT2D eigenvalue weighted by atomic mass is 9.98. The van der Waals surface area contributed by atoms with Gasteiger partial charge in [0.15, 0.2) is 0 Å². The summed E-state index contributed by atoms with van der Waals surface area (Å²) in [5.74, 6) is 5.61. The highest BCUT2D eigenvalue weighted by Crippen LogP contribution is 2.24. The molecular weight excluding hydrogens is 366 g/mol. The van der Waals surface area contributed by atoms with Crippen molar-refractivity contribution in [2.75, 3.05) is 0 Å². The minimum Gasteiger partial charge on any atom is -0.478 e. The molecule has 3 aromatic rings. The first-order valence-corrected chi connectivity index (χ1v) is 9.31. The molecular formula is C23H21N3O3. The molecule has 0 spiro atoms. The van der Waals surface area contributed by atoms with Gasteiger partial charge in [-0.3, -0.25) is 4.79 Å². The SMILES string of the molecule is CC#CCn1nc(C(=O)CC)nc1Cc1ccc(-c2ccccc2C(=O)O)cc1. The summed E-state index contributed by atoms with van der Waals surface area (Å²) in [6.07, 6.45) is 0.844. The Hall–Kier alpha value is -3.72. The zero-order valence-corrected chi connectivity index (χ0v) is 16.3. The molecule has 0 aliphatic rings. The van der Waals surface area contributed by atoms with E-state index in [1.807, 2.05) is 30.3 Å². The summed E-state index contributed by atoms with van der Waals surface area (Å²) in [7, 11) is 0. The van der Waals surface area contributed by atoms with E-state index in [-0.39, 0.29) is 17.2 Å². The van der Waals surface area contributed by atoms with E-state index in [0.717, 1.165) is 11.1 Å². The van der Waals surface area contributed by atoms with Crippen LogP contribution in [0.2, 0.25) is 0 Å². The predicted molar refractivity (Wildman–Crippen MR) is 110 cm³/mol. The molecule has 0 saturated heterocycles. The number of carboxylic acid groups (broad SMARTS) is 1. The number of benzene rings is 2. The maximum Gasteiger partial charge on any atom is 0.336 e. The Kier molecular flexibility index (Phi) is 6.20. The summed E-state index contributed by atoms with van der Waals surface area (Å²) in [6, 6.07) is 14.6. The molecule has 6 nitrogen and oxygen atoms in total. The molecule has 1 heterocycles. The Labute approximate surface area is 169 Å². The van der Waals surface area contributed by atoms with Crippen molar-refractivity contribution in [1.82, 2.24) is 14.8 Å². The van der Waals surface area contributed by atoms with Crippen LogP contribution in [0.15, 0.2) is 48.5 Å². The summed E-state index contributed by atoms with van der Waals surface area (Å²) in [4.78, 5) is 27.8. The quantitative estimate of drug-likeness (QED) is 0.492. The predicted octanol–water partition coefficient (Wildman–Crippen LogP) is 3.85. The third kappa shape index (κ3) is 4.58. The standard InChI is InChI=1S/C23H21N3O3/c1-3-5-14-26-21(24-22(25-26)20(27)4-2)15-16-10-12-17(13-11-16)18-8-6-7-9-19(18)23(28)29/h6-13H,4,14-15H2,1-2H3,(H,28,29). The molecule has 0 radical (unpaired) electrons. The maximum atomic E-state index is 12.0. The van der Waals surface area contributed by atoms with Gasteiger partial charge >= 0.3 is 5.97 Å². The van der Waals surface area contributed by atoms with Crippen LogP contribution in [0.5, 0.6) is 0 Å². The zero-order valence-electron chi connectivity index (χ0n) is 16.3. The molecule has 0 fully saturated rings. The highest BCUT2D eigenvalue weighted by atomic mass is 16.4. The van der Waals surface area contributed by atoms with Crippen molar-refractivity contribution < 1.29 is 14.7 Å². The van der Waals surface area contributed by atoms with Crippen LogP contribution in [0.25, 0.3) is 11.1 Å². The van der Waals surface area contributed by atoms with Gasteiger partial charge in [0, 0.05) is 12.8 Å². The molecule has 0 atom stereocenters. The Bertz CT molecular complexity index is 1100. The van der Waals surface area contributed by atoms with Gasteiger partial charge in [-0.2, -0.15) is 0 Å². The number of carbonyl (C=O) groups excluding carboxylic acids is 1. The van der Waals surface area contributed by atoms with Crippen molar-refractivity contribution in [3.8, 4) is 23.0 Å². The van der Waals surface area contributed by atoms with E-state index in [0.29, 0.717) is 30.8 Å². The summed E-state index contributed by atoms with van der Waals surface area (Å²) in [5, 5.41) is 13.7. The number of ketones is 1. The van der Waals surface area contributed by atoms with Gasteiger partial charge < -0.3 is 5.11 Å². The van der Waals surface area contributed by atoms with Crippen LogP contribution in [0, 0.1) is 11.8 Å². The molecule has 0 aliphatic carbocycles. The molecule has 3 rings (SSSR count). The Balaban J connectivity index is 1.88. The lowest BCUT2D eigenvalue weighted by Crippen LogP contribution is -2.06. The maximum absolute atomic E-state index is 12.0. The van der Waals surface area contributed by atoms with E-state index < -0.39 is 5.97 Å². The number of aromatic carboxylic acids is 1. The minimum absolute atomic E-state index is 0.102. The lowest BCUT2D eigenvalue weighted by Gasteiger charge is -2.08. The molecule has 0 saturated carbocycles. The largest absolute Gasteiger partial charge is 0.478 e. The second-order valence-electron chi connectivity index (χ2n) is 6.44. The third-order valence-electron chi connectivity index (χ3n) is 4.51. The third-order valence-corrected chi connectivity index (χ3v) is 4.51. The second kappa shape index (κ2) is 8.98. The van der Waals surface area contributed by atoms with Crippen LogP contribution in [0.4, 0.5) is 0 Å². The van der Waals surface area contributed by atoms with Crippen molar-refractivity contribution in [2.24, 2.45) is 0 Å². The van der Waals surface area contributed by atoms with Crippen molar-refractivity contribution in [1.29, 1.82) is 0 Å². The molecule has 0 bridgehead atoms. The molecule has 1 aromatic heterocycles. The number of hydrogen-bond donors (Lipinski definition) is 1. The summed E-state index contributed by atoms with van der Waals surface area (Å²) in [5.41, 5.74) is 2.74. The fraction of sp³-hybridized carbons (Fsp3) is 0.217. The molecule has 0 unspecified atom stereocenters. The van der Waals surface area contributed by atoms with E-state index in [9.17, 15) is 14.7 Å². The van der Waals surface area contributed by atoms with Gasteiger partial charge in [0.1, 0.15) is 12.4 Å². The summed E-state index contributed by atoms with van der Waals surface area (Å²) < 4.78 is 1.66. The highest BCUT2D eigenvalue weighted by Gasteiger charge is 2.15. The number of nitrogens with zero attached hydrogens (tertiary/aromatic N) is 3. The number of aromatic nitrogens is 3. The number of hydrogen-bond acceptors (Lipinski definition) is 4. The molecule has 146 valence electrons. The molecule has 0 aliphatic heterocycles. The fourth-order valence-electron chi connectivity index (χ4n) is 2.97. The smallest absolute Gasteiger partial charge is 0.336 e. The number of carbonyl (C=O) groups is 2. The topological polar surface area (TPSA) is 85.1 Å². The Morgan fingerprint density at radius 1 is 1.10 bits per heavy atom. The van der Waals surface area contributed by atoms with Gasteiger partial charge in [0.2, 0.25) is 11.6 Å². The minimum atomic E-state index is -0.956. The van der Waals surface area contributed by atoms with Gasteiger partial charge in [0.25, 0.3) is 0 Å². The van der Waals surface area contributed by atoms with E-state index in [2.05, 4.69) is 21.9 Å². The van der Waals surface area contributed by atoms with Gasteiger partial charge in [-0.05, 0) is 29.7 Å². The van der Waals surface area contributed by atoms with Crippen LogP contribution in [0.3, 0.4) is 0 Å². The Morgan fingerprint density at radius 2 is 1.83 bits per heavy atom. The molecule has 1 N–H and O–H groups in total. The van der Waals surface area contributed by atoms with Crippen molar-refractivity contribution in [3.05, 3.63) is 71.3 Å². The van der Waals surface area contributed by atoms with E-state index in [1.54, 1.807) is 36.7 Å². The first kappa shape index (κ1) is 20.0. The van der Waals surface area contributed by atoms with Crippen molar-refractivity contribution in [3.63, 3.8) is 0 Å². The molecule has 2 aromatic carbocycles. The van der Waals surface area contributed by atoms with Crippen LogP contribution in [0.1, 0.15) is 52.6 Å². The summed E-state index contributed by atoms with van der Waals surface area (Å²) >= 11 is 0. The van der Waals surface area contributed by atoms with Crippen LogP contribution in [-0.4, -0.2) is 31.6 Å². The van der Waals surface area contributed by atoms with Crippen LogP contribution >= 0.6 is 0 Å². The monoisotopic (exact) mass is 387 g/mol. The van der Waals surface area contributed by atoms with Gasteiger partial charge in [0.05, 0.1) is 5.56 Å². The van der Waals surface area contributed by atoms with Crippen LogP contribution in [-0.2, 0) is 13.0 Å². The molecule has 0 amide bonds. The van der Waals surface area contributed by atoms with Crippen molar-refractivity contribution >= 4 is 11.8 Å². The number of rotatable bonds is 7. The number of carboxylic acids is 1. The lowest BCUT2D eigenvalue weighted by molar-refractivity contribution is 0.0697. The van der Waals surface area contributed by atoms with Crippen molar-refractivity contribution in [2.45, 2.75) is 33.2 Å². The van der Waals surface area contributed by atoms with Crippen LogP contribution < -0.4 is 0 Å². The van der Waals surface area contributed by atoms with E-state index in [1.165, 1.54) is 0 Å². The molecule has 6 heteroatoms. The van der Waals surface area contributed by atoms with Gasteiger partial charge in [-0.15, -0.1) is 11.0 Å². The average molecular weight is 387 g/mol. The van der Waals surface area contributed by atoms with Gasteiger partial charge in [-0.1, -0.05) is 55.3 Å². The fourth-order valence-corrected chi connectivity index (χ4v) is 2.97.